The molecule has 0 aromatic heterocycles. The fraction of sp³-hybridized carbons (Fsp3) is 0.615. The molecule has 0 saturated heterocycles. The molecule has 0 atom stereocenters. The Balaban J connectivity index is 4.63. The van der Waals surface area contributed by atoms with Gasteiger partial charge < -0.3 is 4.74 Å². The Morgan fingerprint density at radius 2 is 1.65 bits per heavy atom. The lowest BCUT2D eigenvalue weighted by Crippen LogP contribution is -2.31. The van der Waals surface area contributed by atoms with Gasteiger partial charge in [0.15, 0.2) is 0 Å². The second kappa shape index (κ2) is 7.81. The summed E-state index contributed by atoms with van der Waals surface area (Å²) >= 11 is 0. The maximum atomic E-state index is 12.5. The van der Waals surface area contributed by atoms with Gasteiger partial charge in [-0.2, -0.15) is 13.2 Å². The Kier molecular flexibility index (Phi) is 7.17. The number of ketones is 1. The number of unbranched alkanes of at least 4 members (excludes halogenated alkanes) is 1. The first-order valence-corrected chi connectivity index (χ1v) is 6.11. The van der Waals surface area contributed by atoms with Crippen molar-refractivity contribution in [2.75, 3.05) is 0 Å². The normalized spacial score (nSPS) is 10.9. The first kappa shape index (κ1) is 18.3. The Bertz CT molecular complexity index is 423. The number of carbonyl (C=O) groups is 3. The summed E-state index contributed by atoms with van der Waals surface area (Å²) in [6, 6.07) is 0. The van der Waals surface area contributed by atoms with Crippen molar-refractivity contribution in [1.82, 2.24) is 0 Å². The number of Topliss-reactive ketones (excluding diaryl/α,β-unsaturated/α-hetero) is 1. The highest BCUT2D eigenvalue weighted by Gasteiger charge is 2.34. The summed E-state index contributed by atoms with van der Waals surface area (Å²) < 4.78 is 40.2. The first-order valence-electron chi connectivity index (χ1n) is 6.11. The summed E-state index contributed by atoms with van der Waals surface area (Å²) in [7, 11) is 0. The van der Waals surface area contributed by atoms with Crippen molar-refractivity contribution in [2.24, 2.45) is 5.41 Å². The Morgan fingerprint density at radius 1 is 1.10 bits per heavy atom. The molecule has 0 aromatic carbocycles. The van der Waals surface area contributed by atoms with Gasteiger partial charge in [0.25, 0.3) is 5.83 Å². The van der Waals surface area contributed by atoms with Gasteiger partial charge in [-0.1, -0.05) is 13.3 Å². The fourth-order valence-electron chi connectivity index (χ4n) is 1.37. The molecule has 0 radical (unpaired) electrons. The van der Waals surface area contributed by atoms with Gasteiger partial charge >= 0.3 is 18.0 Å². The summed E-state index contributed by atoms with van der Waals surface area (Å²) in [5.74, 6) is -5.90. The molecule has 7 heteroatoms. The van der Waals surface area contributed by atoms with Crippen LogP contribution in [-0.2, 0) is 19.1 Å². The van der Waals surface area contributed by atoms with E-state index in [4.69, 9.17) is 0 Å². The van der Waals surface area contributed by atoms with Gasteiger partial charge in [0.1, 0.15) is 5.78 Å². The molecule has 0 aromatic rings. The van der Waals surface area contributed by atoms with Crippen molar-refractivity contribution < 1.29 is 32.3 Å². The summed E-state index contributed by atoms with van der Waals surface area (Å²) in [6.45, 7) is 4.53. The molecule has 0 bridgehead atoms. The lowest BCUT2D eigenvalue weighted by atomic mass is 9.86. The third-order valence-corrected chi connectivity index (χ3v) is 2.53. The standard InChI is InChI=1S/C13H17F3O4/c1-4-5-6-8(17)7-13(2,3)12(19)20-11(18)9(14)10(15)16/h4-7H2,1-3H3. The monoisotopic (exact) mass is 294 g/mol. The molecule has 20 heavy (non-hydrogen) atoms. The molecule has 0 saturated carbocycles. The van der Waals surface area contributed by atoms with E-state index in [1.54, 1.807) is 0 Å². The number of hydrogen-bond donors (Lipinski definition) is 0. The maximum Gasteiger partial charge on any atom is 0.380 e. The van der Waals surface area contributed by atoms with E-state index in [-0.39, 0.29) is 18.6 Å². The Labute approximate surface area is 115 Å². The van der Waals surface area contributed by atoms with Crippen LogP contribution in [0.25, 0.3) is 0 Å². The topological polar surface area (TPSA) is 60.4 Å². The van der Waals surface area contributed by atoms with Crippen LogP contribution in [0.2, 0.25) is 0 Å². The molecule has 0 spiro atoms. The molecule has 0 unspecified atom stereocenters. The van der Waals surface area contributed by atoms with E-state index in [9.17, 15) is 27.6 Å². The summed E-state index contributed by atoms with van der Waals surface area (Å²) in [5.41, 5.74) is -1.38. The van der Waals surface area contributed by atoms with E-state index >= 15 is 0 Å². The highest BCUT2D eigenvalue weighted by Crippen LogP contribution is 2.25. The number of esters is 2. The number of halogens is 3. The predicted octanol–water partition coefficient (Wildman–Crippen LogP) is 3.31. The van der Waals surface area contributed by atoms with Crippen molar-refractivity contribution >= 4 is 17.7 Å². The zero-order valence-corrected chi connectivity index (χ0v) is 11.6. The van der Waals surface area contributed by atoms with Crippen molar-refractivity contribution in [2.45, 2.75) is 46.5 Å². The van der Waals surface area contributed by atoms with Gasteiger partial charge in [-0.15, -0.1) is 0 Å². The molecule has 4 nitrogen and oxygen atoms in total. The van der Waals surface area contributed by atoms with Crippen LogP contribution in [0.15, 0.2) is 11.9 Å². The van der Waals surface area contributed by atoms with Gasteiger partial charge in [-0.3, -0.25) is 9.59 Å². The molecule has 0 aliphatic rings. The number of hydrogen-bond acceptors (Lipinski definition) is 4. The molecule has 114 valence electrons. The molecule has 0 N–H and O–H groups in total. The van der Waals surface area contributed by atoms with Crippen molar-refractivity contribution in [3.05, 3.63) is 11.9 Å². The van der Waals surface area contributed by atoms with Crippen LogP contribution in [-0.4, -0.2) is 17.7 Å². The highest BCUT2D eigenvalue weighted by atomic mass is 19.3. The minimum absolute atomic E-state index is 0.206. The van der Waals surface area contributed by atoms with Crippen LogP contribution in [0, 0.1) is 5.41 Å². The minimum atomic E-state index is -2.86. The molecule has 0 fully saturated rings. The smallest absolute Gasteiger partial charge is 0.380 e. The maximum absolute atomic E-state index is 12.5. The van der Waals surface area contributed by atoms with Crippen molar-refractivity contribution in [1.29, 1.82) is 0 Å². The molecule has 0 amide bonds. The molecule has 0 aliphatic carbocycles. The first-order chi connectivity index (χ1) is 9.11. The van der Waals surface area contributed by atoms with Crippen molar-refractivity contribution in [3.8, 4) is 0 Å². The van der Waals surface area contributed by atoms with E-state index in [1.807, 2.05) is 6.92 Å². The Morgan fingerprint density at radius 3 is 2.10 bits per heavy atom. The van der Waals surface area contributed by atoms with E-state index in [1.165, 1.54) is 13.8 Å². The van der Waals surface area contributed by atoms with Gasteiger partial charge in [-0.25, -0.2) is 4.79 Å². The number of rotatable bonds is 7. The van der Waals surface area contributed by atoms with E-state index in [0.717, 1.165) is 6.42 Å². The SMILES string of the molecule is CCCCC(=O)CC(C)(C)C(=O)OC(=O)C(F)=C(F)F. The number of ether oxygens (including phenoxy) is 1. The average molecular weight is 294 g/mol. The summed E-state index contributed by atoms with van der Waals surface area (Å²) in [4.78, 5) is 34.0. The van der Waals surface area contributed by atoms with E-state index in [2.05, 4.69) is 4.74 Å². The zero-order valence-electron chi connectivity index (χ0n) is 11.6. The quantitative estimate of drug-likeness (QED) is 0.410. The second-order valence-electron chi connectivity index (χ2n) is 4.95. The number of carbonyl (C=O) groups excluding carboxylic acids is 3. The average Bonchev–Trinajstić information content (AvgIpc) is 2.34. The molecule has 0 heterocycles. The van der Waals surface area contributed by atoms with E-state index < -0.39 is 29.3 Å². The fourth-order valence-corrected chi connectivity index (χ4v) is 1.37. The molecular formula is C13H17F3O4. The zero-order chi connectivity index (χ0) is 15.9. The van der Waals surface area contributed by atoms with E-state index in [0.29, 0.717) is 6.42 Å². The van der Waals surface area contributed by atoms with Crippen LogP contribution in [0.3, 0.4) is 0 Å². The largest absolute Gasteiger partial charge is 0.387 e. The second-order valence-corrected chi connectivity index (χ2v) is 4.95. The van der Waals surface area contributed by atoms with Gasteiger partial charge in [0.2, 0.25) is 0 Å². The lowest BCUT2D eigenvalue weighted by molar-refractivity contribution is -0.166. The third-order valence-electron chi connectivity index (χ3n) is 2.53. The van der Waals surface area contributed by atoms with Crippen molar-refractivity contribution in [3.63, 3.8) is 0 Å². The van der Waals surface area contributed by atoms with Crippen LogP contribution in [0.5, 0.6) is 0 Å². The molecule has 0 aliphatic heterocycles. The van der Waals surface area contributed by atoms with Crippen LogP contribution in [0.1, 0.15) is 46.5 Å². The van der Waals surface area contributed by atoms with Gasteiger partial charge in [0, 0.05) is 12.8 Å². The Hall–Kier alpha value is -1.66. The summed E-state index contributed by atoms with van der Waals surface area (Å²) in [6.07, 6.45) is -1.33. The third kappa shape index (κ3) is 5.99. The minimum Gasteiger partial charge on any atom is -0.387 e. The lowest BCUT2D eigenvalue weighted by Gasteiger charge is -2.20. The van der Waals surface area contributed by atoms with Gasteiger partial charge in [0.05, 0.1) is 5.41 Å². The van der Waals surface area contributed by atoms with Crippen LogP contribution in [0.4, 0.5) is 13.2 Å². The molecule has 0 rings (SSSR count). The highest BCUT2D eigenvalue weighted by molar-refractivity contribution is 5.97. The van der Waals surface area contributed by atoms with Crippen LogP contribution < -0.4 is 0 Å². The predicted molar refractivity (Wildman–Crippen MR) is 64.4 cm³/mol. The van der Waals surface area contributed by atoms with Crippen LogP contribution >= 0.6 is 0 Å². The van der Waals surface area contributed by atoms with Gasteiger partial charge in [-0.05, 0) is 20.3 Å². The molecular weight excluding hydrogens is 277 g/mol. The summed E-state index contributed by atoms with van der Waals surface area (Å²) in [5, 5.41) is 0.